The van der Waals surface area contributed by atoms with Crippen LogP contribution in [-0.4, -0.2) is 18.5 Å². The van der Waals surface area contributed by atoms with Crippen LogP contribution in [0.2, 0.25) is 0 Å². The number of fused-ring (bicyclic) bond motifs is 1. The number of hydrogen-bond acceptors (Lipinski definition) is 2. The molecular formula is C15H22N2O. The summed E-state index contributed by atoms with van der Waals surface area (Å²) in [6, 6.07) is 8.04. The van der Waals surface area contributed by atoms with E-state index >= 15 is 0 Å². The predicted molar refractivity (Wildman–Crippen MR) is 74.8 cm³/mol. The highest BCUT2D eigenvalue weighted by atomic mass is 16.2. The van der Waals surface area contributed by atoms with E-state index in [2.05, 4.69) is 30.5 Å². The van der Waals surface area contributed by atoms with Gasteiger partial charge in [-0.25, -0.2) is 0 Å². The van der Waals surface area contributed by atoms with Crippen molar-refractivity contribution >= 4 is 11.6 Å². The van der Waals surface area contributed by atoms with E-state index in [1.807, 2.05) is 18.2 Å². The lowest BCUT2D eigenvalue weighted by molar-refractivity contribution is -0.122. The summed E-state index contributed by atoms with van der Waals surface area (Å²) >= 11 is 0. The van der Waals surface area contributed by atoms with Crippen LogP contribution in [0.3, 0.4) is 0 Å². The van der Waals surface area contributed by atoms with E-state index in [1.165, 1.54) is 18.4 Å². The monoisotopic (exact) mass is 246 g/mol. The van der Waals surface area contributed by atoms with E-state index in [-0.39, 0.29) is 17.9 Å². The smallest absolute Gasteiger partial charge is 0.243 e. The fourth-order valence-corrected chi connectivity index (χ4v) is 2.49. The van der Waals surface area contributed by atoms with Gasteiger partial charge >= 0.3 is 0 Å². The molecule has 1 aliphatic rings. The molecule has 18 heavy (non-hydrogen) atoms. The van der Waals surface area contributed by atoms with Crippen molar-refractivity contribution in [2.45, 2.75) is 45.1 Å². The van der Waals surface area contributed by atoms with Crippen molar-refractivity contribution in [1.29, 1.82) is 0 Å². The average Bonchev–Trinajstić information content (AvgIpc) is 2.73. The molecule has 1 aromatic rings. The van der Waals surface area contributed by atoms with Gasteiger partial charge in [0.05, 0.1) is 0 Å². The minimum atomic E-state index is -0.121. The van der Waals surface area contributed by atoms with Gasteiger partial charge in [0.1, 0.15) is 6.04 Å². The number of amides is 1. The molecule has 1 heterocycles. The Balaban J connectivity index is 1.90. The van der Waals surface area contributed by atoms with Gasteiger partial charge in [0.25, 0.3) is 0 Å². The maximum atomic E-state index is 12.1. The first-order chi connectivity index (χ1) is 8.74. The third kappa shape index (κ3) is 2.66. The van der Waals surface area contributed by atoms with Gasteiger partial charge in [0, 0.05) is 18.2 Å². The van der Waals surface area contributed by atoms with E-state index < -0.39 is 0 Å². The van der Waals surface area contributed by atoms with Crippen LogP contribution in [0, 0.1) is 0 Å². The van der Waals surface area contributed by atoms with Gasteiger partial charge in [-0.1, -0.05) is 44.9 Å². The molecule has 98 valence electrons. The number of carbonyl (C=O) groups excluding carboxylic acids is 1. The van der Waals surface area contributed by atoms with E-state index in [1.54, 1.807) is 0 Å². The second-order valence-electron chi connectivity index (χ2n) is 5.00. The number of benzene rings is 1. The van der Waals surface area contributed by atoms with E-state index in [0.717, 1.165) is 18.7 Å². The Bertz CT molecular complexity index is 417. The molecule has 3 heteroatoms. The zero-order valence-electron chi connectivity index (χ0n) is 11.2. The molecule has 0 fully saturated rings. The topological polar surface area (TPSA) is 41.1 Å². The summed E-state index contributed by atoms with van der Waals surface area (Å²) in [6.45, 7) is 5.06. The van der Waals surface area contributed by atoms with Gasteiger partial charge in [0.15, 0.2) is 0 Å². The highest BCUT2D eigenvalue weighted by Crippen LogP contribution is 2.35. The highest BCUT2D eigenvalue weighted by molar-refractivity contribution is 5.88. The lowest BCUT2D eigenvalue weighted by Crippen LogP contribution is -2.40. The van der Waals surface area contributed by atoms with Crippen LogP contribution in [0.5, 0.6) is 0 Å². The lowest BCUT2D eigenvalue weighted by atomic mass is 9.97. The molecule has 2 N–H and O–H groups in total. The van der Waals surface area contributed by atoms with Gasteiger partial charge in [0.2, 0.25) is 5.91 Å². The van der Waals surface area contributed by atoms with Crippen LogP contribution in [-0.2, 0) is 4.79 Å². The molecule has 0 aliphatic carbocycles. The van der Waals surface area contributed by atoms with Crippen molar-refractivity contribution in [3.63, 3.8) is 0 Å². The third-order valence-electron chi connectivity index (χ3n) is 3.62. The van der Waals surface area contributed by atoms with Gasteiger partial charge in [-0.3, -0.25) is 4.79 Å². The number of anilines is 1. The van der Waals surface area contributed by atoms with Gasteiger partial charge in [-0.15, -0.1) is 0 Å². The lowest BCUT2D eigenvalue weighted by Gasteiger charge is -2.16. The van der Waals surface area contributed by atoms with Crippen LogP contribution in [0.25, 0.3) is 0 Å². The van der Waals surface area contributed by atoms with Crippen LogP contribution in [0.1, 0.15) is 44.6 Å². The van der Waals surface area contributed by atoms with Gasteiger partial charge in [-0.2, -0.15) is 0 Å². The Hall–Kier alpha value is -1.51. The number of para-hydroxylation sites is 1. The van der Waals surface area contributed by atoms with Crippen LogP contribution in [0.4, 0.5) is 5.69 Å². The van der Waals surface area contributed by atoms with Crippen molar-refractivity contribution < 1.29 is 4.79 Å². The quantitative estimate of drug-likeness (QED) is 0.784. The molecule has 3 nitrogen and oxygen atoms in total. The second kappa shape index (κ2) is 5.89. The molecule has 1 amide bonds. The number of unbranched alkanes of at least 4 members (excludes halogenated alkanes) is 2. The summed E-state index contributed by atoms with van der Waals surface area (Å²) in [7, 11) is 0. The number of rotatable bonds is 5. The van der Waals surface area contributed by atoms with E-state index in [0.29, 0.717) is 0 Å². The summed E-state index contributed by atoms with van der Waals surface area (Å²) in [4.78, 5) is 12.1. The zero-order chi connectivity index (χ0) is 13.0. The Morgan fingerprint density at radius 2 is 2.11 bits per heavy atom. The zero-order valence-corrected chi connectivity index (χ0v) is 11.2. The molecule has 0 saturated carbocycles. The molecule has 0 saturated heterocycles. The molecule has 1 aliphatic heterocycles. The average molecular weight is 246 g/mol. The van der Waals surface area contributed by atoms with Crippen molar-refractivity contribution in [2.24, 2.45) is 0 Å². The third-order valence-corrected chi connectivity index (χ3v) is 3.62. The maximum Gasteiger partial charge on any atom is 0.243 e. The van der Waals surface area contributed by atoms with E-state index in [4.69, 9.17) is 0 Å². The number of carbonyl (C=O) groups is 1. The molecule has 0 unspecified atom stereocenters. The predicted octanol–water partition coefficient (Wildman–Crippen LogP) is 2.89. The SMILES string of the molecule is CCCCCNC(=O)[C@@H]1Nc2ccccc2[C@H]1C. The minimum Gasteiger partial charge on any atom is -0.373 e. The summed E-state index contributed by atoms with van der Waals surface area (Å²) in [5.74, 6) is 0.363. The van der Waals surface area contributed by atoms with Crippen molar-refractivity contribution in [2.75, 3.05) is 11.9 Å². The molecule has 1 aromatic carbocycles. The second-order valence-corrected chi connectivity index (χ2v) is 5.00. The van der Waals surface area contributed by atoms with Crippen molar-refractivity contribution in [1.82, 2.24) is 5.32 Å². The highest BCUT2D eigenvalue weighted by Gasteiger charge is 2.33. The summed E-state index contributed by atoms with van der Waals surface area (Å²) in [5, 5.41) is 6.34. The number of nitrogens with one attached hydrogen (secondary N) is 2. The fourth-order valence-electron chi connectivity index (χ4n) is 2.49. The minimum absolute atomic E-state index is 0.120. The molecule has 2 rings (SSSR count). The molecule has 0 aromatic heterocycles. The molecule has 0 radical (unpaired) electrons. The first kappa shape index (κ1) is 12.9. The largest absolute Gasteiger partial charge is 0.373 e. The van der Waals surface area contributed by atoms with Crippen LogP contribution in [0.15, 0.2) is 24.3 Å². The fraction of sp³-hybridized carbons (Fsp3) is 0.533. The maximum absolute atomic E-state index is 12.1. The summed E-state index contributed by atoms with van der Waals surface area (Å²) in [5.41, 5.74) is 2.34. The summed E-state index contributed by atoms with van der Waals surface area (Å²) in [6.07, 6.45) is 3.42. The Labute approximate surface area is 109 Å². The Morgan fingerprint density at radius 1 is 1.33 bits per heavy atom. The van der Waals surface area contributed by atoms with Gasteiger partial charge < -0.3 is 10.6 Å². The molecule has 2 atom stereocenters. The Kier molecular flexibility index (Phi) is 4.24. The molecule has 0 bridgehead atoms. The van der Waals surface area contributed by atoms with Crippen molar-refractivity contribution in [3.8, 4) is 0 Å². The van der Waals surface area contributed by atoms with Crippen molar-refractivity contribution in [3.05, 3.63) is 29.8 Å². The molecule has 0 spiro atoms. The number of hydrogen-bond donors (Lipinski definition) is 2. The standard InChI is InChI=1S/C15H22N2O/c1-3-4-7-10-16-15(18)14-11(2)12-8-5-6-9-13(12)17-14/h5-6,8-9,11,14,17H,3-4,7,10H2,1-2H3,(H,16,18)/t11-,14-/m1/s1. The molecular weight excluding hydrogens is 224 g/mol. The van der Waals surface area contributed by atoms with Gasteiger partial charge in [-0.05, 0) is 18.1 Å². The first-order valence-corrected chi connectivity index (χ1v) is 6.87. The first-order valence-electron chi connectivity index (χ1n) is 6.87. The Morgan fingerprint density at radius 3 is 2.83 bits per heavy atom. The van der Waals surface area contributed by atoms with Crippen LogP contribution < -0.4 is 10.6 Å². The van der Waals surface area contributed by atoms with Crippen LogP contribution >= 0.6 is 0 Å². The normalized spacial score (nSPS) is 21.2. The van der Waals surface area contributed by atoms with E-state index in [9.17, 15) is 4.79 Å². The summed E-state index contributed by atoms with van der Waals surface area (Å²) < 4.78 is 0.